The zero-order valence-corrected chi connectivity index (χ0v) is 12.9. The van der Waals surface area contributed by atoms with Crippen LogP contribution in [-0.4, -0.2) is 28.1 Å². The number of nitrogens with zero attached hydrogens (tertiary/aromatic N) is 1. The molecule has 0 saturated carbocycles. The Morgan fingerprint density at radius 2 is 2.39 bits per heavy atom. The summed E-state index contributed by atoms with van der Waals surface area (Å²) in [6, 6.07) is 4.10. The van der Waals surface area contributed by atoms with Crippen LogP contribution in [0.5, 0.6) is 0 Å². The molecule has 18 heavy (non-hydrogen) atoms. The maximum Gasteiger partial charge on any atom is 0.324 e. The van der Waals surface area contributed by atoms with E-state index in [1.165, 1.54) is 4.88 Å². The molecular formula is C13H18BrNO2S. The fraction of sp³-hybridized carbons (Fsp3) is 0.615. The van der Waals surface area contributed by atoms with Crippen molar-refractivity contribution in [3.05, 3.63) is 20.8 Å². The van der Waals surface area contributed by atoms with Gasteiger partial charge in [0.15, 0.2) is 0 Å². The molecule has 0 radical (unpaired) electrons. The number of carbonyl (C=O) groups is 1. The van der Waals surface area contributed by atoms with Gasteiger partial charge in [-0.2, -0.15) is 0 Å². The molecular weight excluding hydrogens is 314 g/mol. The summed E-state index contributed by atoms with van der Waals surface area (Å²) in [6.07, 6.45) is 3.42. The summed E-state index contributed by atoms with van der Waals surface area (Å²) in [6.45, 7) is 3.70. The molecule has 2 rings (SSSR count). The van der Waals surface area contributed by atoms with Crippen molar-refractivity contribution in [2.45, 2.75) is 44.7 Å². The first-order valence-electron chi connectivity index (χ1n) is 6.31. The van der Waals surface area contributed by atoms with E-state index < -0.39 is 11.5 Å². The zero-order chi connectivity index (χ0) is 13.2. The summed E-state index contributed by atoms with van der Waals surface area (Å²) in [5.74, 6) is -0.655. The second kappa shape index (κ2) is 5.72. The second-order valence-electron chi connectivity index (χ2n) is 4.82. The predicted octanol–water partition coefficient (Wildman–Crippen LogP) is 3.73. The minimum atomic E-state index is -0.655. The molecule has 1 N–H and O–H groups in total. The van der Waals surface area contributed by atoms with Gasteiger partial charge in [0.2, 0.25) is 0 Å². The molecule has 1 unspecified atom stereocenters. The van der Waals surface area contributed by atoms with Crippen LogP contribution in [0.2, 0.25) is 0 Å². The quantitative estimate of drug-likeness (QED) is 0.893. The molecule has 5 heteroatoms. The Morgan fingerprint density at radius 3 is 2.94 bits per heavy atom. The van der Waals surface area contributed by atoms with E-state index in [2.05, 4.69) is 33.8 Å². The number of hydrogen-bond acceptors (Lipinski definition) is 3. The standard InChI is InChI=1S/C13H18BrNO2S/c1-2-6-13(12(16)17)7-3-8-15(13)9-10-4-5-11(14)18-10/h4-5H,2-3,6-9H2,1H3,(H,16,17). The maximum absolute atomic E-state index is 11.7. The molecule has 2 heterocycles. The Bertz CT molecular complexity index is 434. The lowest BCUT2D eigenvalue weighted by Gasteiger charge is -2.34. The van der Waals surface area contributed by atoms with Gasteiger partial charge in [-0.25, -0.2) is 0 Å². The largest absolute Gasteiger partial charge is 0.480 e. The highest BCUT2D eigenvalue weighted by Gasteiger charge is 2.46. The van der Waals surface area contributed by atoms with Gasteiger partial charge in [-0.15, -0.1) is 11.3 Å². The van der Waals surface area contributed by atoms with Gasteiger partial charge in [0.1, 0.15) is 5.54 Å². The van der Waals surface area contributed by atoms with E-state index in [1.807, 2.05) is 6.07 Å². The van der Waals surface area contributed by atoms with Gasteiger partial charge in [0, 0.05) is 11.4 Å². The minimum absolute atomic E-state index is 0.634. The normalized spacial score (nSPS) is 24.6. The van der Waals surface area contributed by atoms with Gasteiger partial charge in [-0.05, 0) is 53.9 Å². The average Bonchev–Trinajstić information content (AvgIpc) is 2.88. The van der Waals surface area contributed by atoms with E-state index in [9.17, 15) is 9.90 Å². The maximum atomic E-state index is 11.7. The van der Waals surface area contributed by atoms with Crippen LogP contribution in [0.4, 0.5) is 0 Å². The van der Waals surface area contributed by atoms with Crippen LogP contribution in [0.3, 0.4) is 0 Å². The van der Waals surface area contributed by atoms with Crippen LogP contribution in [0.1, 0.15) is 37.5 Å². The zero-order valence-electron chi connectivity index (χ0n) is 10.5. The topological polar surface area (TPSA) is 40.5 Å². The molecule has 0 spiro atoms. The number of likely N-dealkylation sites (tertiary alicyclic amines) is 1. The van der Waals surface area contributed by atoms with Crippen LogP contribution < -0.4 is 0 Å². The third-order valence-electron chi connectivity index (χ3n) is 3.66. The van der Waals surface area contributed by atoms with Crippen molar-refractivity contribution >= 4 is 33.2 Å². The van der Waals surface area contributed by atoms with Crippen molar-refractivity contribution in [1.82, 2.24) is 4.90 Å². The average molecular weight is 332 g/mol. The molecule has 1 aromatic rings. The first-order chi connectivity index (χ1) is 8.58. The van der Waals surface area contributed by atoms with E-state index in [4.69, 9.17) is 0 Å². The van der Waals surface area contributed by atoms with Crippen molar-refractivity contribution in [2.24, 2.45) is 0 Å². The van der Waals surface area contributed by atoms with Gasteiger partial charge in [-0.3, -0.25) is 9.69 Å². The van der Waals surface area contributed by atoms with Crippen molar-refractivity contribution < 1.29 is 9.90 Å². The number of halogens is 1. The molecule has 1 saturated heterocycles. The molecule has 100 valence electrons. The van der Waals surface area contributed by atoms with Gasteiger partial charge >= 0.3 is 5.97 Å². The highest BCUT2D eigenvalue weighted by molar-refractivity contribution is 9.11. The van der Waals surface area contributed by atoms with Crippen molar-refractivity contribution in [2.75, 3.05) is 6.54 Å². The van der Waals surface area contributed by atoms with Crippen molar-refractivity contribution in [3.8, 4) is 0 Å². The summed E-state index contributed by atoms with van der Waals surface area (Å²) >= 11 is 5.14. The number of carboxylic acids is 1. The highest BCUT2D eigenvalue weighted by atomic mass is 79.9. The summed E-state index contributed by atoms with van der Waals surface area (Å²) in [5.41, 5.74) is -0.634. The Balaban J connectivity index is 2.17. The Hall–Kier alpha value is -0.390. The molecule has 0 aliphatic carbocycles. The molecule has 1 aliphatic heterocycles. The highest BCUT2D eigenvalue weighted by Crippen LogP contribution is 2.36. The smallest absolute Gasteiger partial charge is 0.324 e. The van der Waals surface area contributed by atoms with E-state index >= 15 is 0 Å². The van der Waals surface area contributed by atoms with Gasteiger partial charge in [-0.1, -0.05) is 13.3 Å². The lowest BCUT2D eigenvalue weighted by molar-refractivity contribution is -0.150. The van der Waals surface area contributed by atoms with E-state index in [0.29, 0.717) is 0 Å². The van der Waals surface area contributed by atoms with E-state index in [1.54, 1.807) is 11.3 Å². The van der Waals surface area contributed by atoms with E-state index in [0.717, 1.165) is 42.6 Å². The van der Waals surface area contributed by atoms with Crippen LogP contribution in [0.25, 0.3) is 0 Å². The second-order valence-corrected chi connectivity index (χ2v) is 7.37. The molecule has 0 bridgehead atoms. The van der Waals surface area contributed by atoms with Crippen LogP contribution in [0.15, 0.2) is 15.9 Å². The third-order valence-corrected chi connectivity index (χ3v) is 5.27. The molecule has 0 amide bonds. The van der Waals surface area contributed by atoms with Crippen molar-refractivity contribution in [3.63, 3.8) is 0 Å². The fourth-order valence-corrected chi connectivity index (χ4v) is 4.33. The van der Waals surface area contributed by atoms with Crippen LogP contribution >= 0.6 is 27.3 Å². The number of carboxylic acid groups (broad SMARTS) is 1. The van der Waals surface area contributed by atoms with E-state index in [-0.39, 0.29) is 0 Å². The summed E-state index contributed by atoms with van der Waals surface area (Å²) in [4.78, 5) is 15.0. The van der Waals surface area contributed by atoms with Crippen molar-refractivity contribution in [1.29, 1.82) is 0 Å². The Morgan fingerprint density at radius 1 is 1.61 bits per heavy atom. The molecule has 3 nitrogen and oxygen atoms in total. The van der Waals surface area contributed by atoms with Gasteiger partial charge < -0.3 is 5.11 Å². The Kier molecular flexibility index (Phi) is 4.45. The Labute approximate surface area is 120 Å². The lowest BCUT2D eigenvalue weighted by Crippen LogP contribution is -2.49. The van der Waals surface area contributed by atoms with Gasteiger partial charge in [0.05, 0.1) is 3.79 Å². The molecule has 1 aliphatic rings. The SMILES string of the molecule is CCCC1(C(=O)O)CCCN1Cc1ccc(Br)s1. The van der Waals surface area contributed by atoms with Crippen LogP contribution in [0, 0.1) is 0 Å². The fourth-order valence-electron chi connectivity index (χ4n) is 2.84. The third kappa shape index (κ3) is 2.63. The molecule has 1 aromatic heterocycles. The number of hydrogen-bond donors (Lipinski definition) is 1. The molecule has 1 fully saturated rings. The predicted molar refractivity (Wildman–Crippen MR) is 76.9 cm³/mol. The number of rotatable bonds is 5. The lowest BCUT2D eigenvalue weighted by atomic mass is 9.90. The first-order valence-corrected chi connectivity index (χ1v) is 7.92. The monoisotopic (exact) mass is 331 g/mol. The first kappa shape index (κ1) is 14.0. The minimum Gasteiger partial charge on any atom is -0.480 e. The number of aliphatic carboxylic acids is 1. The number of thiophene rings is 1. The summed E-state index contributed by atoms with van der Waals surface area (Å²) in [5, 5.41) is 9.60. The van der Waals surface area contributed by atoms with Crippen LogP contribution in [-0.2, 0) is 11.3 Å². The molecule has 0 aromatic carbocycles. The summed E-state index contributed by atoms with van der Waals surface area (Å²) < 4.78 is 1.10. The van der Waals surface area contributed by atoms with Gasteiger partial charge in [0.25, 0.3) is 0 Å². The molecule has 1 atom stereocenters. The summed E-state index contributed by atoms with van der Waals surface area (Å²) in [7, 11) is 0.